The second-order valence-electron chi connectivity index (χ2n) is 5.42. The van der Waals surface area contributed by atoms with Crippen molar-refractivity contribution in [2.24, 2.45) is 5.10 Å². The van der Waals surface area contributed by atoms with Gasteiger partial charge in [0.1, 0.15) is 11.5 Å². The van der Waals surface area contributed by atoms with E-state index in [1.807, 2.05) is 57.2 Å². The first-order valence-electron chi connectivity index (χ1n) is 7.94. The van der Waals surface area contributed by atoms with E-state index in [9.17, 15) is 4.79 Å². The highest BCUT2D eigenvalue weighted by molar-refractivity contribution is 9.10. The van der Waals surface area contributed by atoms with Gasteiger partial charge in [-0.05, 0) is 50.1 Å². The second-order valence-corrected chi connectivity index (χ2v) is 6.33. The molecule has 0 aliphatic heterocycles. The standard InChI is InChI=1S/C19H21BrN2O3/c1-4-24-17-9-8-16(20)10-15(17)11-21-22-18(23)12-25-19-13(2)6-5-7-14(19)3/h5-11H,4,12H2,1-3H3,(H,22,23). The van der Waals surface area contributed by atoms with Gasteiger partial charge in [0.2, 0.25) is 0 Å². The van der Waals surface area contributed by atoms with Crippen molar-refractivity contribution in [3.8, 4) is 11.5 Å². The summed E-state index contributed by atoms with van der Waals surface area (Å²) in [4.78, 5) is 11.9. The maximum Gasteiger partial charge on any atom is 0.277 e. The van der Waals surface area contributed by atoms with Crippen molar-refractivity contribution < 1.29 is 14.3 Å². The molecule has 0 heterocycles. The molecule has 25 heavy (non-hydrogen) atoms. The van der Waals surface area contributed by atoms with E-state index in [-0.39, 0.29) is 12.5 Å². The van der Waals surface area contributed by atoms with Crippen LogP contribution in [0.2, 0.25) is 0 Å². The van der Waals surface area contributed by atoms with Crippen molar-refractivity contribution in [1.29, 1.82) is 0 Å². The summed E-state index contributed by atoms with van der Waals surface area (Å²) in [6.07, 6.45) is 1.55. The second kappa shape index (κ2) is 9.22. The first kappa shape index (κ1) is 19.0. The minimum absolute atomic E-state index is 0.0974. The summed E-state index contributed by atoms with van der Waals surface area (Å²) >= 11 is 3.41. The van der Waals surface area contributed by atoms with Crippen LogP contribution in [0, 0.1) is 13.8 Å². The monoisotopic (exact) mass is 404 g/mol. The summed E-state index contributed by atoms with van der Waals surface area (Å²) in [7, 11) is 0. The highest BCUT2D eigenvalue weighted by Gasteiger charge is 2.07. The average Bonchev–Trinajstić information content (AvgIpc) is 2.57. The summed E-state index contributed by atoms with van der Waals surface area (Å²) < 4.78 is 12.0. The van der Waals surface area contributed by atoms with E-state index in [4.69, 9.17) is 9.47 Å². The van der Waals surface area contributed by atoms with Crippen molar-refractivity contribution in [2.45, 2.75) is 20.8 Å². The van der Waals surface area contributed by atoms with Gasteiger partial charge in [-0.1, -0.05) is 34.1 Å². The molecule has 0 atom stereocenters. The average molecular weight is 405 g/mol. The van der Waals surface area contributed by atoms with E-state index in [0.717, 1.165) is 26.9 Å². The number of hydrogen-bond donors (Lipinski definition) is 1. The first-order valence-corrected chi connectivity index (χ1v) is 8.73. The van der Waals surface area contributed by atoms with Gasteiger partial charge in [0.25, 0.3) is 5.91 Å². The fourth-order valence-corrected chi connectivity index (χ4v) is 2.66. The van der Waals surface area contributed by atoms with Crippen LogP contribution in [0.3, 0.4) is 0 Å². The van der Waals surface area contributed by atoms with Gasteiger partial charge in [0, 0.05) is 10.0 Å². The Balaban J connectivity index is 1.94. The van der Waals surface area contributed by atoms with Gasteiger partial charge in [-0.15, -0.1) is 0 Å². The van der Waals surface area contributed by atoms with Crippen molar-refractivity contribution in [3.63, 3.8) is 0 Å². The fraction of sp³-hybridized carbons (Fsp3) is 0.263. The van der Waals surface area contributed by atoms with Crippen LogP contribution >= 0.6 is 15.9 Å². The molecule has 0 spiro atoms. The fourth-order valence-electron chi connectivity index (χ4n) is 2.28. The zero-order valence-corrected chi connectivity index (χ0v) is 16.1. The number of ether oxygens (including phenoxy) is 2. The Morgan fingerprint density at radius 2 is 1.92 bits per heavy atom. The largest absolute Gasteiger partial charge is 0.493 e. The van der Waals surface area contributed by atoms with Crippen LogP contribution in [0.5, 0.6) is 11.5 Å². The smallest absolute Gasteiger partial charge is 0.277 e. The van der Waals surface area contributed by atoms with E-state index >= 15 is 0 Å². The minimum Gasteiger partial charge on any atom is -0.493 e. The van der Waals surface area contributed by atoms with Crippen LogP contribution in [0.25, 0.3) is 0 Å². The molecule has 0 saturated carbocycles. The molecule has 6 heteroatoms. The van der Waals surface area contributed by atoms with Crippen LogP contribution < -0.4 is 14.9 Å². The molecule has 0 aromatic heterocycles. The number of nitrogens with one attached hydrogen (secondary N) is 1. The van der Waals surface area contributed by atoms with Crippen LogP contribution in [0.15, 0.2) is 46.0 Å². The predicted octanol–water partition coefficient (Wildman–Crippen LogP) is 3.99. The molecule has 5 nitrogen and oxygen atoms in total. The van der Waals surface area contributed by atoms with Gasteiger partial charge >= 0.3 is 0 Å². The first-order chi connectivity index (χ1) is 12.0. The lowest BCUT2D eigenvalue weighted by molar-refractivity contribution is -0.123. The Hall–Kier alpha value is -2.34. The lowest BCUT2D eigenvalue weighted by Gasteiger charge is -2.11. The van der Waals surface area contributed by atoms with Crippen molar-refractivity contribution >= 4 is 28.1 Å². The van der Waals surface area contributed by atoms with E-state index in [1.54, 1.807) is 6.21 Å². The number of hydrazone groups is 1. The maximum atomic E-state index is 11.9. The summed E-state index contributed by atoms with van der Waals surface area (Å²) in [6.45, 7) is 6.26. The van der Waals surface area contributed by atoms with E-state index in [2.05, 4.69) is 26.5 Å². The third-order valence-electron chi connectivity index (χ3n) is 3.42. The molecule has 0 aliphatic carbocycles. The Labute approximate surface area is 156 Å². The molecule has 132 valence electrons. The number of halogens is 1. The normalized spacial score (nSPS) is 10.7. The van der Waals surface area contributed by atoms with Crippen LogP contribution in [0.1, 0.15) is 23.6 Å². The molecule has 1 N–H and O–H groups in total. The molecular weight excluding hydrogens is 384 g/mol. The predicted molar refractivity (Wildman–Crippen MR) is 102 cm³/mol. The van der Waals surface area contributed by atoms with Gasteiger partial charge in [0.05, 0.1) is 12.8 Å². The van der Waals surface area contributed by atoms with Gasteiger partial charge in [-0.3, -0.25) is 4.79 Å². The van der Waals surface area contributed by atoms with Crippen LogP contribution in [0.4, 0.5) is 0 Å². The van der Waals surface area contributed by atoms with Crippen LogP contribution in [-0.2, 0) is 4.79 Å². The lowest BCUT2D eigenvalue weighted by Crippen LogP contribution is -2.25. The molecule has 0 saturated heterocycles. The van der Waals surface area contributed by atoms with Crippen LogP contribution in [-0.4, -0.2) is 25.3 Å². The third-order valence-corrected chi connectivity index (χ3v) is 3.91. The van der Waals surface area contributed by atoms with Gasteiger partial charge < -0.3 is 9.47 Å². The Morgan fingerprint density at radius 3 is 2.60 bits per heavy atom. The zero-order valence-electron chi connectivity index (χ0n) is 14.5. The SMILES string of the molecule is CCOc1ccc(Br)cc1C=NNC(=O)COc1c(C)cccc1C. The Bertz CT molecular complexity index is 755. The van der Waals surface area contributed by atoms with Gasteiger partial charge in [0.15, 0.2) is 6.61 Å². The summed E-state index contributed by atoms with van der Waals surface area (Å²) in [5.41, 5.74) is 5.22. The molecule has 2 aromatic carbocycles. The van der Waals surface area contributed by atoms with Crippen molar-refractivity contribution in [1.82, 2.24) is 5.43 Å². The topological polar surface area (TPSA) is 59.9 Å². The molecule has 0 aliphatic rings. The summed E-state index contributed by atoms with van der Waals surface area (Å²) in [6, 6.07) is 11.5. The number of amides is 1. The summed E-state index contributed by atoms with van der Waals surface area (Å²) in [5.74, 6) is 1.11. The van der Waals surface area contributed by atoms with Crippen molar-refractivity contribution in [3.05, 3.63) is 57.6 Å². The number of para-hydroxylation sites is 1. The highest BCUT2D eigenvalue weighted by atomic mass is 79.9. The lowest BCUT2D eigenvalue weighted by atomic mass is 10.1. The molecule has 2 rings (SSSR count). The van der Waals surface area contributed by atoms with Gasteiger partial charge in [-0.25, -0.2) is 5.43 Å². The molecule has 0 unspecified atom stereocenters. The Morgan fingerprint density at radius 1 is 1.20 bits per heavy atom. The minimum atomic E-state index is -0.327. The van der Waals surface area contributed by atoms with Crippen molar-refractivity contribution in [2.75, 3.05) is 13.2 Å². The molecular formula is C19H21BrN2O3. The molecule has 2 aromatic rings. The third kappa shape index (κ3) is 5.60. The number of benzene rings is 2. The summed E-state index contributed by atoms with van der Waals surface area (Å²) in [5, 5.41) is 3.98. The van der Waals surface area contributed by atoms with E-state index in [1.165, 1.54) is 0 Å². The number of hydrogen-bond acceptors (Lipinski definition) is 4. The zero-order chi connectivity index (χ0) is 18.2. The molecule has 0 fully saturated rings. The number of nitrogens with zero attached hydrogens (tertiary/aromatic N) is 1. The van der Waals surface area contributed by atoms with Gasteiger partial charge in [-0.2, -0.15) is 5.10 Å². The van der Waals surface area contributed by atoms with E-state index < -0.39 is 0 Å². The number of aryl methyl sites for hydroxylation is 2. The maximum absolute atomic E-state index is 11.9. The number of rotatable bonds is 7. The molecule has 0 bridgehead atoms. The molecule has 0 radical (unpaired) electrons. The molecule has 1 amide bonds. The number of carbonyl (C=O) groups excluding carboxylic acids is 1. The number of carbonyl (C=O) groups is 1. The van der Waals surface area contributed by atoms with E-state index in [0.29, 0.717) is 12.4 Å². The highest BCUT2D eigenvalue weighted by Crippen LogP contribution is 2.22. The quantitative estimate of drug-likeness (QED) is 0.560. The Kier molecular flexibility index (Phi) is 7.01.